The highest BCUT2D eigenvalue weighted by atomic mass is 16.5. The second-order valence-electron chi connectivity index (χ2n) is 11.3. The number of likely N-dealkylation sites (N-methyl/N-ethyl adjacent to an activating group) is 1. The highest BCUT2D eigenvalue weighted by molar-refractivity contribution is 5.90. The number of carbonyl (C=O) groups excluding carboxylic acids is 3. The van der Waals surface area contributed by atoms with E-state index in [1.54, 1.807) is 31.9 Å². The van der Waals surface area contributed by atoms with Crippen LogP contribution < -0.4 is 11.1 Å². The molecule has 0 fully saturated rings. The van der Waals surface area contributed by atoms with Gasteiger partial charge in [0, 0.05) is 24.7 Å². The van der Waals surface area contributed by atoms with Gasteiger partial charge >= 0.3 is 5.97 Å². The van der Waals surface area contributed by atoms with Gasteiger partial charge in [0.05, 0.1) is 12.6 Å². The molecule has 2 amide bonds. The first-order valence-electron chi connectivity index (χ1n) is 12.3. The topological polar surface area (TPSA) is 102 Å². The third-order valence-corrected chi connectivity index (χ3v) is 6.18. The molecule has 0 radical (unpaired) electrons. The summed E-state index contributed by atoms with van der Waals surface area (Å²) in [4.78, 5) is 40.6. The van der Waals surface area contributed by atoms with Crippen molar-refractivity contribution in [1.82, 2.24) is 10.2 Å². The smallest absolute Gasteiger partial charge is 0.333 e. The number of nitrogens with two attached hydrogens (primary N) is 1. The Morgan fingerprint density at radius 1 is 1.14 bits per heavy atom. The van der Waals surface area contributed by atoms with E-state index in [2.05, 4.69) is 5.32 Å². The number of hydrogen-bond acceptors (Lipinski definition) is 5. The molecule has 0 aliphatic rings. The zero-order valence-electron chi connectivity index (χ0n) is 23.2. The van der Waals surface area contributed by atoms with Gasteiger partial charge in [0.2, 0.25) is 11.8 Å². The standard InChI is InChI=1S/C28H45N3O4/c1-11-35-26(34)19(4)15-22(18(2)3)31(10)25(33)24(27(5,6)7)30-23(32)17-28(8,9)20-13-12-14-21(29)16-20/h12-16,18,22,24H,11,17,29H2,1-10H3,(H,30,32)/b19-15+/t22-,24-/m1/s1. The summed E-state index contributed by atoms with van der Waals surface area (Å²) in [5.41, 5.74) is 7.00. The van der Waals surface area contributed by atoms with E-state index in [1.165, 1.54) is 0 Å². The van der Waals surface area contributed by atoms with E-state index < -0.39 is 22.8 Å². The number of anilines is 1. The second kappa shape index (κ2) is 12.2. The zero-order chi connectivity index (χ0) is 27.1. The van der Waals surface area contributed by atoms with Crippen LogP contribution in [0.3, 0.4) is 0 Å². The van der Waals surface area contributed by atoms with Crippen LogP contribution in [0.25, 0.3) is 0 Å². The van der Waals surface area contributed by atoms with Crippen molar-refractivity contribution in [2.24, 2.45) is 11.3 Å². The molecule has 0 aliphatic heterocycles. The Labute approximate surface area is 211 Å². The third-order valence-electron chi connectivity index (χ3n) is 6.18. The lowest BCUT2D eigenvalue weighted by atomic mass is 9.80. The number of ether oxygens (including phenoxy) is 1. The van der Waals surface area contributed by atoms with Crippen LogP contribution in [0.15, 0.2) is 35.9 Å². The molecular weight excluding hydrogens is 442 g/mol. The lowest BCUT2D eigenvalue weighted by Crippen LogP contribution is -2.56. The SMILES string of the molecule is CCOC(=O)/C(C)=C/[C@H](C(C)C)N(C)C(=O)[C@@H](NC(=O)CC(C)(C)c1cccc(N)c1)C(C)(C)C. The number of carbonyl (C=O) groups is 3. The first-order chi connectivity index (χ1) is 16.0. The van der Waals surface area contributed by atoms with Crippen LogP contribution in [-0.4, -0.2) is 48.4 Å². The molecule has 1 rings (SSSR count). The fraction of sp³-hybridized carbons (Fsp3) is 0.607. The zero-order valence-corrected chi connectivity index (χ0v) is 23.2. The average Bonchev–Trinajstić information content (AvgIpc) is 2.73. The minimum atomic E-state index is -0.741. The summed E-state index contributed by atoms with van der Waals surface area (Å²) < 4.78 is 5.09. The molecule has 0 saturated carbocycles. The van der Waals surface area contributed by atoms with Gasteiger partial charge in [0.1, 0.15) is 6.04 Å². The molecule has 1 aromatic rings. The molecule has 0 saturated heterocycles. The van der Waals surface area contributed by atoms with Gasteiger partial charge in [-0.25, -0.2) is 4.79 Å². The normalized spacial score (nSPS) is 14.3. The van der Waals surface area contributed by atoms with Crippen molar-refractivity contribution in [2.75, 3.05) is 19.4 Å². The van der Waals surface area contributed by atoms with Gasteiger partial charge in [-0.3, -0.25) is 9.59 Å². The molecule has 2 atom stereocenters. The van der Waals surface area contributed by atoms with Crippen molar-refractivity contribution < 1.29 is 19.1 Å². The predicted octanol–water partition coefficient (Wildman–Crippen LogP) is 4.46. The summed E-state index contributed by atoms with van der Waals surface area (Å²) in [6.45, 7) is 17.5. The van der Waals surface area contributed by atoms with Crippen molar-refractivity contribution in [3.63, 3.8) is 0 Å². The molecule has 0 aromatic heterocycles. The largest absolute Gasteiger partial charge is 0.463 e. The first-order valence-corrected chi connectivity index (χ1v) is 12.3. The van der Waals surface area contributed by atoms with E-state index in [9.17, 15) is 14.4 Å². The highest BCUT2D eigenvalue weighted by Gasteiger charge is 2.38. The quantitative estimate of drug-likeness (QED) is 0.288. The Bertz CT molecular complexity index is 928. The van der Waals surface area contributed by atoms with E-state index in [-0.39, 0.29) is 36.8 Å². The molecule has 0 aliphatic carbocycles. The number of rotatable bonds is 10. The molecule has 0 spiro atoms. The molecule has 0 bridgehead atoms. The first kappa shape index (κ1) is 30.2. The van der Waals surface area contributed by atoms with Crippen molar-refractivity contribution in [2.45, 2.75) is 86.2 Å². The predicted molar refractivity (Wildman–Crippen MR) is 142 cm³/mol. The summed E-state index contributed by atoms with van der Waals surface area (Å²) >= 11 is 0. The monoisotopic (exact) mass is 487 g/mol. The number of hydrogen-bond donors (Lipinski definition) is 2. The van der Waals surface area contributed by atoms with Crippen LogP contribution >= 0.6 is 0 Å². The molecule has 3 N–H and O–H groups in total. The molecule has 196 valence electrons. The summed E-state index contributed by atoms with van der Waals surface area (Å²) in [5, 5.41) is 2.99. The van der Waals surface area contributed by atoms with Crippen LogP contribution in [0.4, 0.5) is 5.69 Å². The van der Waals surface area contributed by atoms with Crippen LogP contribution in [-0.2, 0) is 24.5 Å². The number of esters is 1. The molecule has 7 nitrogen and oxygen atoms in total. The van der Waals surface area contributed by atoms with Crippen molar-refractivity contribution in [3.05, 3.63) is 41.5 Å². The molecule has 1 aromatic carbocycles. The van der Waals surface area contributed by atoms with Gasteiger partial charge in [-0.05, 0) is 48.3 Å². The van der Waals surface area contributed by atoms with Crippen molar-refractivity contribution in [3.8, 4) is 0 Å². The van der Waals surface area contributed by atoms with E-state index in [4.69, 9.17) is 10.5 Å². The summed E-state index contributed by atoms with van der Waals surface area (Å²) in [6.07, 6.45) is 1.97. The Balaban J connectivity index is 3.15. The molecule has 35 heavy (non-hydrogen) atoms. The Hall–Kier alpha value is -2.83. The molecule has 0 unspecified atom stereocenters. The van der Waals surface area contributed by atoms with Crippen LogP contribution in [0.2, 0.25) is 0 Å². The van der Waals surface area contributed by atoms with E-state index in [0.717, 1.165) is 5.56 Å². The minimum Gasteiger partial charge on any atom is -0.463 e. The van der Waals surface area contributed by atoms with Gasteiger partial charge in [-0.2, -0.15) is 0 Å². The molecular formula is C28H45N3O4. The highest BCUT2D eigenvalue weighted by Crippen LogP contribution is 2.29. The number of nitrogens with zero attached hydrogens (tertiary/aromatic N) is 1. The summed E-state index contributed by atoms with van der Waals surface area (Å²) in [5.74, 6) is -0.770. The Morgan fingerprint density at radius 3 is 2.23 bits per heavy atom. The number of nitrogens with one attached hydrogen (secondary N) is 1. The number of nitrogen functional groups attached to an aromatic ring is 1. The summed E-state index contributed by atoms with van der Waals surface area (Å²) in [6, 6.07) is 6.44. The van der Waals surface area contributed by atoms with Gasteiger partial charge in [0.15, 0.2) is 0 Å². The van der Waals surface area contributed by atoms with Gasteiger partial charge < -0.3 is 20.7 Å². The van der Waals surface area contributed by atoms with Gasteiger partial charge in [-0.15, -0.1) is 0 Å². The number of benzene rings is 1. The maximum Gasteiger partial charge on any atom is 0.333 e. The fourth-order valence-electron chi connectivity index (χ4n) is 3.99. The van der Waals surface area contributed by atoms with Crippen molar-refractivity contribution in [1.29, 1.82) is 0 Å². The molecule has 7 heteroatoms. The van der Waals surface area contributed by atoms with Crippen molar-refractivity contribution >= 4 is 23.5 Å². The Kier molecular flexibility index (Phi) is 10.6. The third kappa shape index (κ3) is 8.71. The minimum absolute atomic E-state index is 0.0483. The van der Waals surface area contributed by atoms with Gasteiger partial charge in [0.25, 0.3) is 0 Å². The number of amides is 2. The van der Waals surface area contributed by atoms with Crippen LogP contribution in [0.5, 0.6) is 0 Å². The van der Waals surface area contributed by atoms with E-state index >= 15 is 0 Å². The lowest BCUT2D eigenvalue weighted by molar-refractivity contribution is -0.140. The summed E-state index contributed by atoms with van der Waals surface area (Å²) in [7, 11) is 1.71. The maximum absolute atomic E-state index is 13.7. The average molecular weight is 488 g/mol. The Morgan fingerprint density at radius 2 is 1.74 bits per heavy atom. The van der Waals surface area contributed by atoms with Crippen LogP contribution in [0, 0.1) is 11.3 Å². The van der Waals surface area contributed by atoms with E-state index in [1.807, 2.05) is 72.7 Å². The molecule has 0 heterocycles. The lowest BCUT2D eigenvalue weighted by Gasteiger charge is -2.38. The van der Waals surface area contributed by atoms with E-state index in [0.29, 0.717) is 11.3 Å². The van der Waals surface area contributed by atoms with Gasteiger partial charge in [-0.1, -0.05) is 66.7 Å². The van der Waals surface area contributed by atoms with Crippen LogP contribution in [0.1, 0.15) is 74.3 Å². The fourth-order valence-corrected chi connectivity index (χ4v) is 3.99. The maximum atomic E-state index is 13.7. The second-order valence-corrected chi connectivity index (χ2v) is 11.3.